The molecule has 4 nitrogen and oxygen atoms in total. The number of para-hydroxylation sites is 1. The first kappa shape index (κ1) is 30.7. The summed E-state index contributed by atoms with van der Waals surface area (Å²) in [6.07, 6.45) is 2.24. The van der Waals surface area contributed by atoms with Crippen LogP contribution in [0.25, 0.3) is 72.7 Å². The molecule has 0 aliphatic carbocycles. The van der Waals surface area contributed by atoms with E-state index in [2.05, 4.69) is 51.1 Å². The van der Waals surface area contributed by atoms with Gasteiger partial charge in [-0.3, -0.25) is 9.55 Å². The number of pyridine rings is 1. The zero-order valence-electron chi connectivity index (χ0n) is 57.1. The fraction of sp³-hybridized carbons (Fsp3) is 0.323. The van der Waals surface area contributed by atoms with Crippen molar-refractivity contribution in [2.45, 2.75) is 125 Å². The van der Waals surface area contributed by atoms with Crippen LogP contribution in [0.15, 0.2) is 134 Å². The van der Waals surface area contributed by atoms with E-state index in [-0.39, 0.29) is 43.4 Å². The molecule has 0 aliphatic heterocycles. The smallest absolute Gasteiger partial charge is 0.148 e. The van der Waals surface area contributed by atoms with Crippen molar-refractivity contribution in [3.63, 3.8) is 0 Å². The molecule has 0 unspecified atom stereocenters. The molecule has 8 aromatic rings. The van der Waals surface area contributed by atoms with E-state index in [1.165, 1.54) is 10.1 Å². The van der Waals surface area contributed by atoms with Crippen LogP contribution in [0.3, 0.4) is 0 Å². The van der Waals surface area contributed by atoms with Gasteiger partial charge in [0.05, 0.1) is 16.6 Å². The third kappa shape index (κ3) is 10.3. The van der Waals surface area contributed by atoms with Crippen LogP contribution in [0.5, 0.6) is 5.75 Å². The molecule has 1 N–H and O–H groups in total. The molecule has 8 rings (SSSR count). The van der Waals surface area contributed by atoms with Crippen molar-refractivity contribution >= 4 is 11.0 Å². The molecule has 0 saturated heterocycles. The van der Waals surface area contributed by atoms with Gasteiger partial charge in [-0.25, -0.2) is 4.98 Å². The Labute approximate surface area is 440 Å². The summed E-state index contributed by atoms with van der Waals surface area (Å²) in [5.74, 6) is -1.66. The molecule has 67 heavy (non-hydrogen) atoms. The van der Waals surface area contributed by atoms with E-state index in [9.17, 15) is 5.11 Å². The minimum absolute atomic E-state index is 0. The van der Waals surface area contributed by atoms with Gasteiger partial charge in [0.1, 0.15) is 11.6 Å². The number of phenolic OH excluding ortho intramolecular Hbond substituents is 1. The Morgan fingerprint density at radius 2 is 1.27 bits per heavy atom. The van der Waals surface area contributed by atoms with Gasteiger partial charge in [-0.1, -0.05) is 193 Å². The van der Waals surface area contributed by atoms with Crippen LogP contribution in [0.2, 0.25) is 0 Å². The molecule has 0 saturated carbocycles. The Morgan fingerprint density at radius 1 is 0.597 bits per heavy atom. The number of imidazole rings is 1. The van der Waals surface area contributed by atoms with Crippen LogP contribution in [0, 0.1) is 12.0 Å². The summed E-state index contributed by atoms with van der Waals surface area (Å²) in [6, 6.07) is 41.0. The van der Waals surface area contributed by atoms with Crippen molar-refractivity contribution in [1.29, 1.82) is 0 Å². The normalized spacial score (nSPS) is 17.6. The fourth-order valence-corrected chi connectivity index (χ4v) is 8.50. The Balaban J connectivity index is 0.0000104. The summed E-state index contributed by atoms with van der Waals surface area (Å²) >= 11 is 0. The van der Waals surface area contributed by atoms with Gasteiger partial charge >= 0.3 is 0 Å². The number of fused-ring (bicyclic) bond motifs is 1. The fourth-order valence-electron chi connectivity index (χ4n) is 8.50. The molecule has 0 bridgehead atoms. The van der Waals surface area contributed by atoms with Gasteiger partial charge in [-0.2, -0.15) is 0 Å². The molecule has 0 amide bonds. The predicted molar refractivity (Wildman–Crippen MR) is 280 cm³/mol. The van der Waals surface area contributed by atoms with Gasteiger partial charge in [0, 0.05) is 68.9 Å². The molecule has 0 radical (unpaired) electrons. The van der Waals surface area contributed by atoms with Crippen LogP contribution in [-0.4, -0.2) is 19.6 Å². The molecule has 2 heterocycles. The number of rotatable bonds is 8. The second-order valence-corrected chi connectivity index (χ2v) is 19.9. The third-order valence-electron chi connectivity index (χ3n) is 12.1. The second-order valence-electron chi connectivity index (χ2n) is 19.9. The van der Waals surface area contributed by atoms with Gasteiger partial charge in [0.25, 0.3) is 0 Å². The monoisotopic (exact) mass is 1080 g/mol. The third-order valence-corrected chi connectivity index (χ3v) is 12.1. The number of phenols is 1. The number of hydrogen-bond acceptors (Lipinski definition) is 3. The maximum absolute atomic E-state index is 13.0. The molecule has 6 aromatic carbocycles. The summed E-state index contributed by atoms with van der Waals surface area (Å²) in [7, 11) is 0. The molecule has 0 aliphatic rings. The van der Waals surface area contributed by atoms with Gasteiger partial charge in [0.15, 0.2) is 0 Å². The maximum Gasteiger partial charge on any atom is 0.148 e. The summed E-state index contributed by atoms with van der Waals surface area (Å²) in [5.41, 5.74) is -2.75. The van der Waals surface area contributed by atoms with E-state index in [0.29, 0.717) is 40.6 Å². The van der Waals surface area contributed by atoms with E-state index < -0.39 is 85.6 Å². The van der Waals surface area contributed by atoms with Crippen molar-refractivity contribution in [3.05, 3.63) is 167 Å². The Kier molecular flexibility index (Phi) is 8.48. The van der Waals surface area contributed by atoms with Crippen LogP contribution >= 0.6 is 0 Å². The van der Waals surface area contributed by atoms with Gasteiger partial charge in [-0.15, -0.1) is 29.3 Å². The van der Waals surface area contributed by atoms with Crippen LogP contribution in [-0.2, 0) is 49.1 Å². The van der Waals surface area contributed by atoms with E-state index in [4.69, 9.17) is 34.6 Å². The topological polar surface area (TPSA) is 50.9 Å². The summed E-state index contributed by atoms with van der Waals surface area (Å²) < 4.78 is 160. The molecule has 0 atom stereocenters. The SMILES string of the molecule is [2H]C([2H])([2H])C(c1cc(-c2nc3c(-c4[c-]c(-c5cc(-c6ccc(C(C)(C)C)cc6)ccn5)cc(C(C)(C)C)c4)cccc3n2-c2ccc(-c3ccccc3)c(CC(C)C)c2)c(O)c(C(C([2H])([2H])[2H])(C([2H])([2H])[2H])C([2H])([2H])[2H])c1)(C([2H])([2H])[2H])C([2H])([2H])[2H].[Pt]. The molecule has 348 valence electrons. The number of nitrogens with zero attached hydrogens (tertiary/aromatic N) is 3. The van der Waals surface area contributed by atoms with E-state index >= 15 is 0 Å². The average molecular weight is 1080 g/mol. The minimum Gasteiger partial charge on any atom is -0.507 e. The van der Waals surface area contributed by atoms with Crippen molar-refractivity contribution in [1.82, 2.24) is 14.5 Å². The minimum atomic E-state index is -4.13. The molecule has 2 aromatic heterocycles. The summed E-state index contributed by atoms with van der Waals surface area (Å²) in [4.78, 5) is 10.0. The number of aromatic hydroxyl groups is 1. The predicted octanol–water partition coefficient (Wildman–Crippen LogP) is 16.6. The van der Waals surface area contributed by atoms with E-state index in [1.807, 2.05) is 101 Å². The van der Waals surface area contributed by atoms with Gasteiger partial charge < -0.3 is 5.11 Å². The Morgan fingerprint density at radius 3 is 1.93 bits per heavy atom. The van der Waals surface area contributed by atoms with Crippen molar-refractivity contribution in [2.24, 2.45) is 5.92 Å². The quantitative estimate of drug-likeness (QED) is 0.154. The van der Waals surface area contributed by atoms with Crippen molar-refractivity contribution < 1.29 is 50.8 Å². The second kappa shape index (κ2) is 18.5. The van der Waals surface area contributed by atoms with Crippen LogP contribution < -0.4 is 0 Å². The van der Waals surface area contributed by atoms with Crippen molar-refractivity contribution in [3.8, 4) is 67.5 Å². The number of benzene rings is 6. The number of aromatic nitrogens is 3. The first-order valence-electron chi connectivity index (χ1n) is 31.2. The zero-order valence-corrected chi connectivity index (χ0v) is 41.4. The molecular formula is C62H68N3OPt-. The molecular weight excluding hydrogens is 998 g/mol. The van der Waals surface area contributed by atoms with E-state index in [0.717, 1.165) is 39.4 Å². The first-order chi connectivity index (χ1) is 38.5. The number of hydrogen-bond donors (Lipinski definition) is 1. The largest absolute Gasteiger partial charge is 0.507 e. The maximum atomic E-state index is 13.0. The molecule has 5 heteroatoms. The summed E-state index contributed by atoms with van der Waals surface area (Å²) in [5, 5.41) is 13.0. The average Bonchev–Trinajstić information content (AvgIpc) is 1.04. The Bertz CT molecular complexity index is 3670. The van der Waals surface area contributed by atoms with Gasteiger partial charge in [-0.05, 0) is 103 Å². The summed E-state index contributed by atoms with van der Waals surface area (Å²) in [6.45, 7) is -7.86. The zero-order chi connectivity index (χ0) is 62.5. The molecule has 0 spiro atoms. The van der Waals surface area contributed by atoms with Gasteiger partial charge in [0.2, 0.25) is 0 Å². The standard InChI is InChI=1S/C62H68N3O.Pt/c1-39(2)31-43-35-49(27-28-50(43)41-19-16-15-17-20-41)65-55-22-18-21-51(56(55)64-58(65)52-37-48(61(9,10)11)38-53(57(52)66)62(12,13)14)44-32-45(34-47(33-44)60(6,7)8)54-36-42(29-30-63-54)40-23-25-46(26-24-40)59(3,4)5;/h15-30,33-39,66H,31H2,1-14H3;/q-1;/i9D3,10D3,11D3,12D3,13D3,14D3;. The van der Waals surface area contributed by atoms with Crippen LogP contribution in [0.1, 0.15) is 149 Å². The van der Waals surface area contributed by atoms with Crippen molar-refractivity contribution in [2.75, 3.05) is 0 Å². The van der Waals surface area contributed by atoms with E-state index in [1.54, 1.807) is 30.5 Å². The molecule has 0 fully saturated rings. The first-order valence-corrected chi connectivity index (χ1v) is 22.2. The van der Waals surface area contributed by atoms with Crippen LogP contribution in [0.4, 0.5) is 0 Å². The Hall–Kier alpha value is -5.57.